The molecule has 2 aliphatic rings. The first-order valence-corrected chi connectivity index (χ1v) is 8.75. The monoisotopic (exact) mass is 300 g/mol. The number of benzene rings is 1. The van der Waals surface area contributed by atoms with Crippen molar-refractivity contribution in [2.45, 2.75) is 45.2 Å². The van der Waals surface area contributed by atoms with E-state index in [1.807, 2.05) is 0 Å². The van der Waals surface area contributed by atoms with Crippen LogP contribution < -0.4 is 0 Å². The highest BCUT2D eigenvalue weighted by atomic mass is 16.1. The van der Waals surface area contributed by atoms with Gasteiger partial charge in [0.1, 0.15) is 5.78 Å². The molecule has 2 atom stereocenters. The molecular formula is C19H28N2O. The molecule has 1 saturated heterocycles. The van der Waals surface area contributed by atoms with Crippen molar-refractivity contribution in [3.05, 3.63) is 35.9 Å². The molecule has 1 aromatic rings. The van der Waals surface area contributed by atoms with Gasteiger partial charge in [-0.3, -0.25) is 14.6 Å². The third-order valence-corrected chi connectivity index (χ3v) is 5.38. The molecular weight excluding hydrogens is 272 g/mol. The van der Waals surface area contributed by atoms with E-state index in [1.54, 1.807) is 6.92 Å². The Labute approximate surface area is 134 Å². The van der Waals surface area contributed by atoms with Crippen molar-refractivity contribution >= 4 is 5.78 Å². The van der Waals surface area contributed by atoms with Gasteiger partial charge in [-0.15, -0.1) is 0 Å². The van der Waals surface area contributed by atoms with Crippen LogP contribution in [0.25, 0.3) is 0 Å². The second-order valence-electron chi connectivity index (χ2n) is 6.87. The van der Waals surface area contributed by atoms with Crippen LogP contribution in [0.15, 0.2) is 30.3 Å². The number of carbonyl (C=O) groups excluding carboxylic acids is 1. The van der Waals surface area contributed by atoms with Crippen LogP contribution in [0.1, 0.15) is 38.2 Å². The molecule has 3 heteroatoms. The van der Waals surface area contributed by atoms with Crippen molar-refractivity contribution < 1.29 is 4.79 Å². The van der Waals surface area contributed by atoms with Crippen LogP contribution in [0.4, 0.5) is 0 Å². The average molecular weight is 300 g/mol. The molecule has 1 unspecified atom stereocenters. The Balaban J connectivity index is 1.53. The molecule has 0 amide bonds. The van der Waals surface area contributed by atoms with Crippen LogP contribution in [0.2, 0.25) is 0 Å². The van der Waals surface area contributed by atoms with Gasteiger partial charge in [0, 0.05) is 44.7 Å². The predicted octanol–water partition coefficient (Wildman–Crippen LogP) is 2.95. The summed E-state index contributed by atoms with van der Waals surface area (Å²) in [5, 5.41) is 0. The van der Waals surface area contributed by atoms with Gasteiger partial charge in [0.15, 0.2) is 0 Å². The van der Waals surface area contributed by atoms with Gasteiger partial charge in [0.25, 0.3) is 0 Å². The second kappa shape index (κ2) is 7.38. The van der Waals surface area contributed by atoms with E-state index in [-0.39, 0.29) is 5.92 Å². The lowest BCUT2D eigenvalue weighted by Crippen LogP contribution is -2.53. The highest BCUT2D eigenvalue weighted by Crippen LogP contribution is 2.30. The van der Waals surface area contributed by atoms with E-state index in [2.05, 4.69) is 40.1 Å². The first-order valence-electron chi connectivity index (χ1n) is 8.75. The quantitative estimate of drug-likeness (QED) is 0.854. The largest absolute Gasteiger partial charge is 0.300 e. The zero-order chi connectivity index (χ0) is 15.4. The Morgan fingerprint density at radius 2 is 1.73 bits per heavy atom. The lowest BCUT2D eigenvalue weighted by molar-refractivity contribution is -0.124. The minimum absolute atomic E-state index is 0.287. The standard InChI is InChI=1S/C19H28N2O/c1-16(22)18-9-5-6-10-19(18)21-13-11-20(12-14-21)15-17-7-3-2-4-8-17/h2-4,7-8,18-19H,5-6,9-15H2,1H3/t18?,19-/m1/s1. The van der Waals surface area contributed by atoms with Crippen LogP contribution in [0.3, 0.4) is 0 Å². The number of hydrogen-bond donors (Lipinski definition) is 0. The highest BCUT2D eigenvalue weighted by molar-refractivity contribution is 5.79. The molecule has 3 nitrogen and oxygen atoms in total. The van der Waals surface area contributed by atoms with Gasteiger partial charge >= 0.3 is 0 Å². The maximum Gasteiger partial charge on any atom is 0.134 e. The SMILES string of the molecule is CC(=O)C1CCCC[C@H]1N1CCN(Cc2ccccc2)CC1. The van der Waals surface area contributed by atoms with E-state index in [1.165, 1.54) is 24.8 Å². The predicted molar refractivity (Wildman–Crippen MR) is 89.7 cm³/mol. The first kappa shape index (κ1) is 15.7. The van der Waals surface area contributed by atoms with Gasteiger partial charge in [-0.25, -0.2) is 0 Å². The van der Waals surface area contributed by atoms with Gasteiger partial charge in [-0.1, -0.05) is 43.2 Å². The summed E-state index contributed by atoms with van der Waals surface area (Å²) in [7, 11) is 0. The fraction of sp³-hybridized carbons (Fsp3) is 0.632. The lowest BCUT2D eigenvalue weighted by Gasteiger charge is -2.43. The number of hydrogen-bond acceptors (Lipinski definition) is 3. The molecule has 0 N–H and O–H groups in total. The van der Waals surface area contributed by atoms with Gasteiger partial charge in [0.2, 0.25) is 0 Å². The molecule has 1 heterocycles. The number of piperazine rings is 1. The van der Waals surface area contributed by atoms with Crippen LogP contribution in [0.5, 0.6) is 0 Å². The highest BCUT2D eigenvalue weighted by Gasteiger charge is 2.34. The summed E-state index contributed by atoms with van der Waals surface area (Å²) in [6.45, 7) is 7.30. The van der Waals surface area contributed by atoms with Crippen molar-refractivity contribution in [1.82, 2.24) is 9.80 Å². The van der Waals surface area contributed by atoms with E-state index in [9.17, 15) is 4.79 Å². The minimum atomic E-state index is 0.287. The van der Waals surface area contributed by atoms with E-state index in [0.717, 1.165) is 39.1 Å². The van der Waals surface area contributed by atoms with Gasteiger partial charge in [-0.05, 0) is 25.3 Å². The molecule has 1 aromatic carbocycles. The molecule has 2 fully saturated rings. The minimum Gasteiger partial charge on any atom is -0.300 e. The molecule has 120 valence electrons. The second-order valence-corrected chi connectivity index (χ2v) is 6.87. The van der Waals surface area contributed by atoms with E-state index in [0.29, 0.717) is 11.8 Å². The fourth-order valence-electron chi connectivity index (χ4n) is 4.12. The van der Waals surface area contributed by atoms with Crippen LogP contribution in [-0.4, -0.2) is 47.8 Å². The van der Waals surface area contributed by atoms with Crippen LogP contribution in [-0.2, 0) is 11.3 Å². The average Bonchev–Trinajstić information content (AvgIpc) is 2.56. The zero-order valence-electron chi connectivity index (χ0n) is 13.7. The summed E-state index contributed by atoms with van der Waals surface area (Å²) < 4.78 is 0. The number of rotatable bonds is 4. The first-order chi connectivity index (χ1) is 10.7. The van der Waals surface area contributed by atoms with Crippen LogP contribution in [0, 0.1) is 5.92 Å². The third-order valence-electron chi connectivity index (χ3n) is 5.38. The molecule has 1 saturated carbocycles. The maximum absolute atomic E-state index is 11.9. The van der Waals surface area contributed by atoms with E-state index < -0.39 is 0 Å². The smallest absolute Gasteiger partial charge is 0.134 e. The van der Waals surface area contributed by atoms with Crippen molar-refractivity contribution in [2.24, 2.45) is 5.92 Å². The van der Waals surface area contributed by atoms with Crippen molar-refractivity contribution in [3.8, 4) is 0 Å². The van der Waals surface area contributed by atoms with E-state index in [4.69, 9.17) is 0 Å². The summed E-state index contributed by atoms with van der Waals surface area (Å²) >= 11 is 0. The molecule has 22 heavy (non-hydrogen) atoms. The Morgan fingerprint density at radius 3 is 2.41 bits per heavy atom. The summed E-state index contributed by atoms with van der Waals surface area (Å²) in [4.78, 5) is 17.0. The zero-order valence-corrected chi connectivity index (χ0v) is 13.7. The maximum atomic E-state index is 11.9. The summed E-state index contributed by atoms with van der Waals surface area (Å²) in [5.41, 5.74) is 1.40. The van der Waals surface area contributed by atoms with Gasteiger partial charge < -0.3 is 0 Å². The Kier molecular flexibility index (Phi) is 5.27. The topological polar surface area (TPSA) is 23.6 Å². The van der Waals surface area contributed by atoms with Crippen molar-refractivity contribution in [3.63, 3.8) is 0 Å². The molecule has 3 rings (SSSR count). The number of ketones is 1. The number of Topliss-reactive ketones (excluding diaryl/α,β-unsaturated/α-hetero) is 1. The molecule has 0 spiro atoms. The lowest BCUT2D eigenvalue weighted by atomic mass is 9.81. The van der Waals surface area contributed by atoms with Crippen molar-refractivity contribution in [1.29, 1.82) is 0 Å². The third kappa shape index (κ3) is 3.76. The normalized spacial score (nSPS) is 27.7. The fourth-order valence-corrected chi connectivity index (χ4v) is 4.12. The summed E-state index contributed by atoms with van der Waals surface area (Å²) in [6, 6.07) is 11.2. The summed E-state index contributed by atoms with van der Waals surface area (Å²) in [6.07, 6.45) is 4.83. The Hall–Kier alpha value is -1.19. The van der Waals surface area contributed by atoms with E-state index >= 15 is 0 Å². The Morgan fingerprint density at radius 1 is 1.05 bits per heavy atom. The molecule has 1 aliphatic heterocycles. The summed E-state index contributed by atoms with van der Waals surface area (Å²) in [5.74, 6) is 0.686. The number of nitrogens with zero attached hydrogens (tertiary/aromatic N) is 2. The molecule has 0 bridgehead atoms. The molecule has 1 aliphatic carbocycles. The molecule has 0 aromatic heterocycles. The van der Waals surface area contributed by atoms with Gasteiger partial charge in [0.05, 0.1) is 0 Å². The van der Waals surface area contributed by atoms with Crippen molar-refractivity contribution in [2.75, 3.05) is 26.2 Å². The van der Waals surface area contributed by atoms with Crippen LogP contribution >= 0.6 is 0 Å². The Bertz CT molecular complexity index is 479. The molecule has 0 radical (unpaired) electrons. The van der Waals surface area contributed by atoms with Gasteiger partial charge in [-0.2, -0.15) is 0 Å². The number of carbonyl (C=O) groups is 1.